The van der Waals surface area contributed by atoms with Gasteiger partial charge in [-0.2, -0.15) is 5.06 Å². The summed E-state index contributed by atoms with van der Waals surface area (Å²) in [7, 11) is 0. The third-order valence-electron chi connectivity index (χ3n) is 3.42. The van der Waals surface area contributed by atoms with Crippen molar-refractivity contribution in [1.29, 1.82) is 0 Å². The number of hydrogen-bond donors (Lipinski definition) is 3. The molecule has 0 saturated carbocycles. The molecule has 7 heteroatoms. The second kappa shape index (κ2) is 4.26. The molecule has 0 bridgehead atoms. The molecule has 0 spiro atoms. The van der Waals surface area contributed by atoms with E-state index in [1.807, 2.05) is 0 Å². The Bertz CT molecular complexity index is 566. The number of carbonyl (C=O) groups excluding carboxylic acids is 1. The molecule has 1 aliphatic heterocycles. The van der Waals surface area contributed by atoms with E-state index in [1.165, 1.54) is 12.1 Å². The molecule has 0 amide bonds. The Balaban J connectivity index is 2.31. The number of rotatable bonds is 2. The summed E-state index contributed by atoms with van der Waals surface area (Å²) in [5.74, 6) is -1.55. The first kappa shape index (κ1) is 14.4. The molecule has 2 heterocycles. The molecule has 0 aromatic carbocycles. The Morgan fingerprint density at radius 2 is 1.65 bits per heavy atom. The molecule has 0 saturated heterocycles. The molecule has 0 aliphatic carbocycles. The van der Waals surface area contributed by atoms with E-state index in [9.17, 15) is 20.2 Å². The van der Waals surface area contributed by atoms with E-state index in [4.69, 9.17) is 4.84 Å². The minimum absolute atomic E-state index is 0.234. The van der Waals surface area contributed by atoms with Crippen molar-refractivity contribution in [3.8, 4) is 11.8 Å². The number of aromatic hydroxyl groups is 2. The Labute approximate surface area is 116 Å². The molecular weight excluding hydrogens is 264 g/mol. The van der Waals surface area contributed by atoms with Crippen LogP contribution in [-0.2, 0) is 4.79 Å². The molecule has 110 valence electrons. The van der Waals surface area contributed by atoms with E-state index < -0.39 is 28.8 Å². The lowest BCUT2D eigenvalue weighted by atomic mass is 9.97. The number of carbonyl (C=O) groups is 1. The zero-order valence-corrected chi connectivity index (χ0v) is 11.8. The molecular formula is C13H18N2O5. The van der Waals surface area contributed by atoms with Gasteiger partial charge in [-0.3, -0.25) is 0 Å². The lowest BCUT2D eigenvalue weighted by Crippen LogP contribution is -2.49. The lowest BCUT2D eigenvalue weighted by molar-refractivity contribution is -0.187. The number of aromatic nitrogens is 1. The molecule has 20 heavy (non-hydrogen) atoms. The second-order valence-corrected chi connectivity index (χ2v) is 5.81. The monoisotopic (exact) mass is 282 g/mol. The van der Waals surface area contributed by atoms with E-state index in [1.54, 1.807) is 33.8 Å². The number of hydrogen-bond acceptors (Lipinski definition) is 6. The van der Waals surface area contributed by atoms with E-state index in [0.29, 0.717) is 4.73 Å². The van der Waals surface area contributed by atoms with Crippen LogP contribution < -0.4 is 4.84 Å². The fourth-order valence-corrected chi connectivity index (χ4v) is 2.36. The van der Waals surface area contributed by atoms with Crippen LogP contribution in [0, 0.1) is 0 Å². The van der Waals surface area contributed by atoms with Crippen LogP contribution in [0.4, 0.5) is 0 Å². The predicted octanol–water partition coefficient (Wildman–Crippen LogP) is 1.04. The standard InChI is InChI=1S/C13H18N2O5/c1-12(2)7-8(13(3,4)15(12)19)11(18)20-14-9(16)5-6-10(14)17/h5-7,16-17,19H,1-4H3. The van der Waals surface area contributed by atoms with E-state index in [0.717, 1.165) is 5.06 Å². The van der Waals surface area contributed by atoms with Gasteiger partial charge in [0, 0.05) is 12.1 Å². The zero-order chi connectivity index (χ0) is 15.3. The van der Waals surface area contributed by atoms with Crippen LogP contribution in [-0.4, -0.2) is 42.3 Å². The second-order valence-electron chi connectivity index (χ2n) is 5.81. The third-order valence-corrected chi connectivity index (χ3v) is 3.42. The van der Waals surface area contributed by atoms with E-state index in [-0.39, 0.29) is 5.57 Å². The smallest absolute Gasteiger partial charge is 0.361 e. The fraction of sp³-hybridized carbons (Fsp3) is 0.462. The summed E-state index contributed by atoms with van der Waals surface area (Å²) in [5.41, 5.74) is -1.44. The molecule has 0 atom stereocenters. The van der Waals surface area contributed by atoms with Crippen LogP contribution >= 0.6 is 0 Å². The molecule has 0 fully saturated rings. The zero-order valence-electron chi connectivity index (χ0n) is 11.8. The summed E-state index contributed by atoms with van der Waals surface area (Å²) in [5, 5.41) is 30.1. The van der Waals surface area contributed by atoms with Gasteiger partial charge < -0.3 is 20.3 Å². The van der Waals surface area contributed by atoms with Crippen LogP contribution in [0.3, 0.4) is 0 Å². The number of nitrogens with zero attached hydrogens (tertiary/aromatic N) is 2. The predicted molar refractivity (Wildman–Crippen MR) is 69.2 cm³/mol. The number of hydroxylamine groups is 2. The molecule has 2 rings (SSSR count). The van der Waals surface area contributed by atoms with Gasteiger partial charge in [-0.1, -0.05) is 6.08 Å². The van der Waals surface area contributed by atoms with Gasteiger partial charge in [0.15, 0.2) is 0 Å². The summed E-state index contributed by atoms with van der Waals surface area (Å²) in [6.45, 7) is 6.84. The van der Waals surface area contributed by atoms with Crippen molar-refractivity contribution >= 4 is 5.97 Å². The topological polar surface area (TPSA) is 95.2 Å². The Morgan fingerprint density at radius 1 is 1.15 bits per heavy atom. The largest absolute Gasteiger partial charge is 0.492 e. The third kappa shape index (κ3) is 2.04. The van der Waals surface area contributed by atoms with Gasteiger partial charge in [-0.25, -0.2) is 4.79 Å². The molecule has 0 unspecified atom stereocenters. The Kier molecular flexibility index (Phi) is 3.07. The first-order valence-electron chi connectivity index (χ1n) is 6.12. The summed E-state index contributed by atoms with van der Waals surface area (Å²) in [4.78, 5) is 17.1. The van der Waals surface area contributed by atoms with Crippen molar-refractivity contribution < 1.29 is 25.1 Å². The molecule has 1 aromatic rings. The van der Waals surface area contributed by atoms with Crippen LogP contribution in [0.5, 0.6) is 11.8 Å². The van der Waals surface area contributed by atoms with Gasteiger partial charge in [0.25, 0.3) is 0 Å². The maximum absolute atomic E-state index is 12.2. The van der Waals surface area contributed by atoms with Crippen molar-refractivity contribution in [3.05, 3.63) is 23.8 Å². The van der Waals surface area contributed by atoms with Crippen molar-refractivity contribution in [2.24, 2.45) is 0 Å². The van der Waals surface area contributed by atoms with Gasteiger partial charge in [0.2, 0.25) is 11.8 Å². The maximum Gasteiger partial charge on any atom is 0.361 e. The molecule has 3 N–H and O–H groups in total. The highest BCUT2D eigenvalue weighted by Gasteiger charge is 2.48. The molecule has 0 radical (unpaired) electrons. The SMILES string of the molecule is CC1(C)C=C(C(=O)On2c(O)ccc2O)C(C)(C)N1O. The molecule has 1 aromatic heterocycles. The average molecular weight is 282 g/mol. The van der Waals surface area contributed by atoms with Gasteiger partial charge in [0.05, 0.1) is 16.7 Å². The van der Waals surface area contributed by atoms with Crippen LogP contribution in [0.15, 0.2) is 23.8 Å². The highest BCUT2D eigenvalue weighted by molar-refractivity contribution is 5.92. The lowest BCUT2D eigenvalue weighted by Gasteiger charge is -2.35. The average Bonchev–Trinajstić information content (AvgIpc) is 2.73. The van der Waals surface area contributed by atoms with Crippen molar-refractivity contribution in [1.82, 2.24) is 9.79 Å². The highest BCUT2D eigenvalue weighted by Crippen LogP contribution is 2.38. The summed E-state index contributed by atoms with van der Waals surface area (Å²) >= 11 is 0. The Morgan fingerprint density at radius 3 is 2.05 bits per heavy atom. The fourth-order valence-electron chi connectivity index (χ4n) is 2.36. The van der Waals surface area contributed by atoms with Crippen LogP contribution in [0.1, 0.15) is 27.7 Å². The maximum atomic E-state index is 12.2. The van der Waals surface area contributed by atoms with Gasteiger partial charge in [-0.15, -0.1) is 4.73 Å². The van der Waals surface area contributed by atoms with Crippen molar-refractivity contribution in [2.75, 3.05) is 0 Å². The van der Waals surface area contributed by atoms with E-state index in [2.05, 4.69) is 0 Å². The highest BCUT2D eigenvalue weighted by atomic mass is 16.7. The summed E-state index contributed by atoms with van der Waals surface area (Å²) in [6.07, 6.45) is 1.59. The van der Waals surface area contributed by atoms with Crippen LogP contribution in [0.2, 0.25) is 0 Å². The van der Waals surface area contributed by atoms with Crippen LogP contribution in [0.25, 0.3) is 0 Å². The van der Waals surface area contributed by atoms with E-state index >= 15 is 0 Å². The van der Waals surface area contributed by atoms with Crippen molar-refractivity contribution in [3.63, 3.8) is 0 Å². The normalized spacial score (nSPS) is 20.8. The minimum atomic E-state index is -0.945. The quantitative estimate of drug-likeness (QED) is 0.750. The summed E-state index contributed by atoms with van der Waals surface area (Å²) in [6, 6.07) is 2.39. The molecule has 1 aliphatic rings. The first-order chi connectivity index (χ1) is 9.07. The van der Waals surface area contributed by atoms with Gasteiger partial charge in [0.1, 0.15) is 0 Å². The molecule has 7 nitrogen and oxygen atoms in total. The first-order valence-corrected chi connectivity index (χ1v) is 6.12. The minimum Gasteiger partial charge on any atom is -0.492 e. The van der Waals surface area contributed by atoms with Gasteiger partial charge >= 0.3 is 5.97 Å². The van der Waals surface area contributed by atoms with Crippen molar-refractivity contribution in [2.45, 2.75) is 38.8 Å². The Hall–Kier alpha value is -1.99. The van der Waals surface area contributed by atoms with Gasteiger partial charge in [-0.05, 0) is 27.7 Å². The summed E-state index contributed by atoms with van der Waals surface area (Å²) < 4.78 is 0.617.